The van der Waals surface area contributed by atoms with Crippen molar-refractivity contribution in [3.8, 4) is 0 Å². The number of para-hydroxylation sites is 1. The van der Waals surface area contributed by atoms with Crippen LogP contribution in [0, 0.1) is 11.6 Å². The van der Waals surface area contributed by atoms with E-state index in [0.717, 1.165) is 30.7 Å². The zero-order valence-corrected chi connectivity index (χ0v) is 15.3. The number of amides is 2. The second-order valence-electron chi connectivity index (χ2n) is 6.73. The van der Waals surface area contributed by atoms with Gasteiger partial charge in [-0.3, -0.25) is 0 Å². The molecule has 3 rings (SSSR count). The zero-order valence-electron chi connectivity index (χ0n) is 15.3. The lowest BCUT2D eigenvalue weighted by Gasteiger charge is -2.20. The summed E-state index contributed by atoms with van der Waals surface area (Å²) >= 11 is 0. The largest absolute Gasteiger partial charge is 0.383 e. The highest BCUT2D eigenvalue weighted by Gasteiger charge is 2.21. The smallest absolute Gasteiger partial charge is 0.319 e. The molecule has 1 atom stereocenters. The van der Waals surface area contributed by atoms with Crippen LogP contribution < -0.4 is 20.9 Å². The molecule has 1 aliphatic rings. The van der Waals surface area contributed by atoms with Crippen molar-refractivity contribution in [1.82, 2.24) is 5.32 Å². The number of benzene rings is 2. The summed E-state index contributed by atoms with van der Waals surface area (Å²) in [5.41, 5.74) is 1.03. The van der Waals surface area contributed by atoms with Crippen LogP contribution in [0.5, 0.6) is 0 Å². The van der Waals surface area contributed by atoms with Crippen molar-refractivity contribution < 1.29 is 13.6 Å². The maximum Gasteiger partial charge on any atom is 0.319 e. The van der Waals surface area contributed by atoms with Gasteiger partial charge in [0.2, 0.25) is 0 Å². The standard InChI is InChI=1S/C20H24F2N4O/c1-14(13-23-15-7-3-2-4-8-15)24-20(27)25-16-11-17(21)19(18(22)12-16)26-9-5-6-10-26/h2-4,7-8,11-12,14,23H,5-6,9-10,13H2,1H3,(H2,24,25,27)/t14-/m1/s1. The molecule has 3 N–H and O–H groups in total. The Morgan fingerprint density at radius 1 is 1.07 bits per heavy atom. The molecule has 0 aliphatic carbocycles. The number of rotatable bonds is 6. The minimum absolute atomic E-state index is 0.0149. The molecule has 2 amide bonds. The van der Waals surface area contributed by atoms with Crippen LogP contribution in [0.2, 0.25) is 0 Å². The Morgan fingerprint density at radius 2 is 1.70 bits per heavy atom. The molecular formula is C20H24F2N4O. The highest BCUT2D eigenvalue weighted by Crippen LogP contribution is 2.29. The van der Waals surface area contributed by atoms with Crippen molar-refractivity contribution in [3.05, 3.63) is 54.1 Å². The van der Waals surface area contributed by atoms with Crippen LogP contribution in [0.3, 0.4) is 0 Å². The van der Waals surface area contributed by atoms with E-state index in [1.165, 1.54) is 0 Å². The molecule has 1 saturated heterocycles. The van der Waals surface area contributed by atoms with Crippen LogP contribution in [-0.2, 0) is 0 Å². The Balaban J connectivity index is 1.54. The third-order valence-electron chi connectivity index (χ3n) is 4.46. The number of anilines is 3. The van der Waals surface area contributed by atoms with Gasteiger partial charge in [0.15, 0.2) is 11.6 Å². The van der Waals surface area contributed by atoms with Crippen molar-refractivity contribution in [1.29, 1.82) is 0 Å². The Labute approximate surface area is 157 Å². The fraction of sp³-hybridized carbons (Fsp3) is 0.350. The Morgan fingerprint density at radius 3 is 2.33 bits per heavy atom. The van der Waals surface area contributed by atoms with Crippen LogP contribution >= 0.6 is 0 Å². The van der Waals surface area contributed by atoms with E-state index in [4.69, 9.17) is 0 Å². The lowest BCUT2D eigenvalue weighted by molar-refractivity contribution is 0.249. The first-order valence-corrected chi connectivity index (χ1v) is 9.13. The van der Waals surface area contributed by atoms with Gasteiger partial charge in [-0.15, -0.1) is 0 Å². The predicted molar refractivity (Wildman–Crippen MR) is 104 cm³/mol. The lowest BCUT2D eigenvalue weighted by Crippen LogP contribution is -2.40. The highest BCUT2D eigenvalue weighted by atomic mass is 19.1. The quantitative estimate of drug-likeness (QED) is 0.711. The molecule has 144 valence electrons. The third-order valence-corrected chi connectivity index (χ3v) is 4.46. The topological polar surface area (TPSA) is 56.4 Å². The minimum atomic E-state index is -0.661. The number of nitrogens with one attached hydrogen (secondary N) is 3. The second-order valence-corrected chi connectivity index (χ2v) is 6.73. The molecule has 2 aromatic carbocycles. The normalized spacial score (nSPS) is 14.7. The summed E-state index contributed by atoms with van der Waals surface area (Å²) in [7, 11) is 0. The summed E-state index contributed by atoms with van der Waals surface area (Å²) < 4.78 is 28.6. The molecule has 7 heteroatoms. The van der Waals surface area contributed by atoms with E-state index in [1.54, 1.807) is 4.90 Å². The van der Waals surface area contributed by atoms with Gasteiger partial charge in [0.25, 0.3) is 0 Å². The number of hydrogen-bond donors (Lipinski definition) is 3. The molecule has 1 heterocycles. The predicted octanol–water partition coefficient (Wildman–Crippen LogP) is 4.19. The monoisotopic (exact) mass is 374 g/mol. The van der Waals surface area contributed by atoms with Crippen molar-refractivity contribution >= 4 is 23.1 Å². The molecule has 5 nitrogen and oxygen atoms in total. The highest BCUT2D eigenvalue weighted by molar-refractivity contribution is 5.89. The first-order valence-electron chi connectivity index (χ1n) is 9.13. The van der Waals surface area contributed by atoms with Crippen LogP contribution in [0.25, 0.3) is 0 Å². The van der Waals surface area contributed by atoms with E-state index in [9.17, 15) is 13.6 Å². The van der Waals surface area contributed by atoms with Crippen molar-refractivity contribution in [3.63, 3.8) is 0 Å². The summed E-state index contributed by atoms with van der Waals surface area (Å²) in [5.74, 6) is -1.32. The number of nitrogens with zero attached hydrogens (tertiary/aromatic N) is 1. The molecule has 27 heavy (non-hydrogen) atoms. The van der Waals surface area contributed by atoms with E-state index < -0.39 is 17.7 Å². The molecule has 2 aromatic rings. The van der Waals surface area contributed by atoms with E-state index in [0.29, 0.717) is 19.6 Å². The summed E-state index contributed by atoms with van der Waals surface area (Å²) in [6.45, 7) is 3.65. The molecule has 0 bridgehead atoms. The Kier molecular flexibility index (Phi) is 6.11. The summed E-state index contributed by atoms with van der Waals surface area (Å²) in [6, 6.07) is 11.2. The maximum atomic E-state index is 14.3. The van der Waals surface area contributed by atoms with Gasteiger partial charge in [0, 0.05) is 37.1 Å². The van der Waals surface area contributed by atoms with Gasteiger partial charge in [0.05, 0.1) is 0 Å². The van der Waals surface area contributed by atoms with Gasteiger partial charge in [-0.2, -0.15) is 0 Å². The number of urea groups is 1. The van der Waals surface area contributed by atoms with Crippen LogP contribution in [0.15, 0.2) is 42.5 Å². The lowest BCUT2D eigenvalue weighted by atomic mass is 10.2. The van der Waals surface area contributed by atoms with E-state index in [-0.39, 0.29) is 17.4 Å². The fourth-order valence-corrected chi connectivity index (χ4v) is 3.15. The summed E-state index contributed by atoms with van der Waals surface area (Å²) in [6.07, 6.45) is 1.85. The number of carbonyl (C=O) groups is 1. The molecule has 0 saturated carbocycles. The first kappa shape index (κ1) is 18.9. The average Bonchev–Trinajstić information content (AvgIpc) is 3.14. The molecule has 0 aromatic heterocycles. The van der Waals surface area contributed by atoms with Gasteiger partial charge in [-0.1, -0.05) is 18.2 Å². The zero-order chi connectivity index (χ0) is 19.2. The Bertz CT molecular complexity index is 756. The summed E-state index contributed by atoms with van der Waals surface area (Å²) in [5, 5.41) is 8.44. The third kappa shape index (κ3) is 5.09. The molecule has 1 fully saturated rings. The molecular weight excluding hydrogens is 350 g/mol. The van der Waals surface area contributed by atoms with Gasteiger partial charge in [-0.05, 0) is 44.0 Å². The van der Waals surface area contributed by atoms with Crippen LogP contribution in [0.1, 0.15) is 19.8 Å². The van der Waals surface area contributed by atoms with Crippen LogP contribution in [-0.4, -0.2) is 31.7 Å². The fourth-order valence-electron chi connectivity index (χ4n) is 3.15. The first-order chi connectivity index (χ1) is 13.0. The van der Waals surface area contributed by atoms with Gasteiger partial charge in [-0.25, -0.2) is 13.6 Å². The van der Waals surface area contributed by atoms with E-state index >= 15 is 0 Å². The molecule has 1 aliphatic heterocycles. The van der Waals surface area contributed by atoms with Gasteiger partial charge < -0.3 is 20.9 Å². The van der Waals surface area contributed by atoms with Crippen molar-refractivity contribution in [2.75, 3.05) is 35.2 Å². The van der Waals surface area contributed by atoms with Gasteiger partial charge in [0.1, 0.15) is 5.69 Å². The van der Waals surface area contributed by atoms with E-state index in [2.05, 4.69) is 16.0 Å². The molecule has 0 spiro atoms. The van der Waals surface area contributed by atoms with Gasteiger partial charge >= 0.3 is 6.03 Å². The SMILES string of the molecule is C[C@H](CNc1ccccc1)NC(=O)Nc1cc(F)c(N2CCCC2)c(F)c1. The summed E-state index contributed by atoms with van der Waals surface area (Å²) in [4.78, 5) is 13.8. The number of halogens is 2. The minimum Gasteiger partial charge on any atom is -0.383 e. The van der Waals surface area contributed by atoms with Crippen molar-refractivity contribution in [2.45, 2.75) is 25.8 Å². The second kappa shape index (κ2) is 8.70. The number of hydrogen-bond acceptors (Lipinski definition) is 3. The van der Waals surface area contributed by atoms with Crippen molar-refractivity contribution in [2.24, 2.45) is 0 Å². The number of carbonyl (C=O) groups excluding carboxylic acids is 1. The average molecular weight is 374 g/mol. The van der Waals surface area contributed by atoms with E-state index in [1.807, 2.05) is 37.3 Å². The Hall–Kier alpha value is -2.83. The molecule has 0 radical (unpaired) electrons. The maximum absolute atomic E-state index is 14.3. The van der Waals surface area contributed by atoms with Crippen LogP contribution in [0.4, 0.5) is 30.6 Å². The molecule has 0 unspecified atom stereocenters.